The molecule has 1 spiro atoms. The van der Waals surface area contributed by atoms with Crippen LogP contribution in [-0.2, 0) is 18.3 Å². The first kappa shape index (κ1) is 16.6. The molecule has 0 amide bonds. The number of phenols is 1. The predicted molar refractivity (Wildman–Crippen MR) is 105 cm³/mol. The molecule has 1 saturated heterocycles. The minimum atomic E-state index is -0.942. The molecule has 150 valence electrons. The average molecular weight is 391 g/mol. The van der Waals surface area contributed by atoms with Crippen LogP contribution in [0.25, 0.3) is 0 Å². The number of hydrogen-bond donors (Lipinski definition) is 2. The van der Waals surface area contributed by atoms with Gasteiger partial charge in [0.2, 0.25) is 0 Å². The summed E-state index contributed by atoms with van der Waals surface area (Å²) < 4.78 is 6.47. The van der Waals surface area contributed by atoms with Crippen molar-refractivity contribution in [2.75, 3.05) is 13.1 Å². The van der Waals surface area contributed by atoms with E-state index in [9.17, 15) is 10.2 Å². The van der Waals surface area contributed by atoms with Crippen LogP contribution in [0.1, 0.15) is 53.6 Å². The number of ether oxygens (including phenoxy) is 1. The van der Waals surface area contributed by atoms with E-state index in [0.29, 0.717) is 18.0 Å². The number of hydrogen-bond acceptors (Lipinski definition) is 6. The van der Waals surface area contributed by atoms with Crippen LogP contribution < -0.4 is 4.74 Å². The van der Waals surface area contributed by atoms with E-state index in [1.54, 1.807) is 6.07 Å². The maximum absolute atomic E-state index is 12.5. The zero-order valence-corrected chi connectivity index (χ0v) is 16.6. The average Bonchev–Trinajstić information content (AvgIpc) is 3.43. The molecule has 1 aromatic heterocycles. The highest BCUT2D eigenvalue weighted by atomic mass is 16.5. The van der Waals surface area contributed by atoms with Crippen LogP contribution in [0.2, 0.25) is 0 Å². The van der Waals surface area contributed by atoms with Crippen LogP contribution in [0.5, 0.6) is 11.5 Å². The Bertz CT molecular complexity index is 1070. The number of aryl methyl sites for hydroxylation is 1. The summed E-state index contributed by atoms with van der Waals surface area (Å²) in [5.74, 6) is 2.22. The molecular formula is C23H25N3O3. The Morgan fingerprint density at radius 2 is 2.14 bits per heavy atom. The van der Waals surface area contributed by atoms with Crippen molar-refractivity contribution in [1.82, 2.24) is 14.9 Å². The summed E-state index contributed by atoms with van der Waals surface area (Å²) >= 11 is 0. The molecule has 3 heterocycles. The second-order valence-electron chi connectivity index (χ2n) is 9.75. The van der Waals surface area contributed by atoms with Gasteiger partial charge in [-0.05, 0) is 62.3 Å². The van der Waals surface area contributed by atoms with Gasteiger partial charge in [-0.1, -0.05) is 6.07 Å². The molecule has 4 atom stereocenters. The van der Waals surface area contributed by atoms with Crippen molar-refractivity contribution in [1.29, 1.82) is 0 Å². The largest absolute Gasteiger partial charge is 0.504 e. The third-order valence-electron chi connectivity index (χ3n) is 8.24. The second-order valence-corrected chi connectivity index (χ2v) is 9.75. The van der Waals surface area contributed by atoms with Gasteiger partial charge in [0, 0.05) is 30.8 Å². The summed E-state index contributed by atoms with van der Waals surface area (Å²) in [6.45, 7) is 3.93. The molecule has 2 aromatic rings. The third-order valence-corrected chi connectivity index (χ3v) is 8.24. The summed E-state index contributed by atoms with van der Waals surface area (Å²) in [7, 11) is 0. The number of aromatic nitrogens is 2. The fourth-order valence-electron chi connectivity index (χ4n) is 6.82. The van der Waals surface area contributed by atoms with Crippen molar-refractivity contribution >= 4 is 0 Å². The molecule has 6 nitrogen and oxygen atoms in total. The molecule has 3 aliphatic carbocycles. The molecule has 5 aliphatic rings. The van der Waals surface area contributed by atoms with Gasteiger partial charge in [0.1, 0.15) is 5.82 Å². The monoisotopic (exact) mass is 391 g/mol. The summed E-state index contributed by atoms with van der Waals surface area (Å²) in [6, 6.07) is 3.84. The number of nitrogens with zero attached hydrogens (tertiary/aromatic N) is 3. The van der Waals surface area contributed by atoms with E-state index in [1.807, 2.05) is 19.2 Å². The molecule has 2 N–H and O–H groups in total. The Labute approximate surface area is 169 Å². The lowest BCUT2D eigenvalue weighted by molar-refractivity contribution is -0.173. The van der Waals surface area contributed by atoms with Gasteiger partial charge in [0.25, 0.3) is 0 Å². The van der Waals surface area contributed by atoms with Gasteiger partial charge in [-0.25, -0.2) is 9.97 Å². The standard InChI is InChI=1S/C23H25N3O3/c1-12-24-10-15-9-23(28)17-8-14-4-5-16(27)20-18(14)22(23,21(29-20)19(15)25-12)6-7-26(17)11-13-2-3-13/h4-5,10,13,17,21,27-28H,2-3,6-9,11H2,1H3/t17-,21-,22-,23+/m0/s1. The first-order chi connectivity index (χ1) is 14.0. The van der Waals surface area contributed by atoms with Crippen molar-refractivity contribution in [3.8, 4) is 11.5 Å². The molecule has 7 rings (SSSR count). The summed E-state index contributed by atoms with van der Waals surface area (Å²) in [5.41, 5.74) is 2.63. The zero-order chi connectivity index (χ0) is 19.5. The SMILES string of the molecule is Cc1ncc2c(n1)[C@@H]1Oc3c(O)ccc4c3[C@@]13CCN(CC1CC1)[C@@H](C4)[C@]3(O)C2. The minimum absolute atomic E-state index is 0.0559. The van der Waals surface area contributed by atoms with Crippen LogP contribution in [0, 0.1) is 12.8 Å². The molecule has 29 heavy (non-hydrogen) atoms. The quantitative estimate of drug-likeness (QED) is 0.817. The van der Waals surface area contributed by atoms with E-state index in [2.05, 4.69) is 9.88 Å². The summed E-state index contributed by atoms with van der Waals surface area (Å²) in [4.78, 5) is 11.7. The van der Waals surface area contributed by atoms with Crippen LogP contribution in [-0.4, -0.2) is 49.8 Å². The van der Waals surface area contributed by atoms with Crippen molar-refractivity contribution in [3.05, 3.63) is 46.5 Å². The lowest BCUT2D eigenvalue weighted by atomic mass is 9.49. The maximum Gasteiger partial charge on any atom is 0.166 e. The molecule has 2 bridgehead atoms. The highest BCUT2D eigenvalue weighted by Gasteiger charge is 2.72. The number of benzene rings is 1. The van der Waals surface area contributed by atoms with Crippen LogP contribution in [0.3, 0.4) is 0 Å². The number of rotatable bonds is 2. The molecule has 1 aromatic carbocycles. The number of piperidine rings is 1. The van der Waals surface area contributed by atoms with Gasteiger partial charge in [-0.2, -0.15) is 0 Å². The molecule has 6 heteroatoms. The predicted octanol–water partition coefficient (Wildman–Crippen LogP) is 2.19. The van der Waals surface area contributed by atoms with Gasteiger partial charge >= 0.3 is 0 Å². The number of aromatic hydroxyl groups is 1. The van der Waals surface area contributed by atoms with E-state index in [0.717, 1.165) is 48.7 Å². The minimum Gasteiger partial charge on any atom is -0.504 e. The van der Waals surface area contributed by atoms with Crippen LogP contribution in [0.4, 0.5) is 0 Å². The second kappa shape index (κ2) is 5.10. The zero-order valence-electron chi connectivity index (χ0n) is 16.6. The first-order valence-electron chi connectivity index (χ1n) is 10.8. The number of fused-ring (bicyclic) bond motifs is 2. The Hall–Kier alpha value is -2.18. The van der Waals surface area contributed by atoms with E-state index in [4.69, 9.17) is 9.72 Å². The van der Waals surface area contributed by atoms with Gasteiger partial charge < -0.3 is 14.9 Å². The Morgan fingerprint density at radius 1 is 1.28 bits per heavy atom. The molecule has 0 unspecified atom stereocenters. The van der Waals surface area contributed by atoms with Crippen molar-refractivity contribution in [3.63, 3.8) is 0 Å². The van der Waals surface area contributed by atoms with E-state index < -0.39 is 11.0 Å². The van der Waals surface area contributed by atoms with E-state index >= 15 is 0 Å². The fraction of sp³-hybridized carbons (Fsp3) is 0.565. The third kappa shape index (κ3) is 1.86. The lowest BCUT2D eigenvalue weighted by Crippen LogP contribution is -2.74. The number of phenolic OH excluding ortho intramolecular Hbond substituents is 1. The molecule has 2 fully saturated rings. The molecule has 2 aliphatic heterocycles. The van der Waals surface area contributed by atoms with Crippen molar-refractivity contribution in [2.45, 2.75) is 62.2 Å². The Balaban J connectivity index is 1.50. The summed E-state index contributed by atoms with van der Waals surface area (Å²) in [6.07, 6.45) is 6.28. The normalized spacial score (nSPS) is 36.3. The van der Waals surface area contributed by atoms with Crippen molar-refractivity contribution in [2.24, 2.45) is 5.92 Å². The highest BCUT2D eigenvalue weighted by molar-refractivity contribution is 5.64. The van der Waals surface area contributed by atoms with Gasteiger partial charge in [0.15, 0.2) is 17.6 Å². The molecule has 0 radical (unpaired) electrons. The number of aliphatic hydroxyl groups is 1. The van der Waals surface area contributed by atoms with Crippen molar-refractivity contribution < 1.29 is 14.9 Å². The van der Waals surface area contributed by atoms with Gasteiger partial charge in [-0.3, -0.25) is 4.90 Å². The van der Waals surface area contributed by atoms with Crippen LogP contribution >= 0.6 is 0 Å². The lowest BCUT2D eigenvalue weighted by Gasteiger charge is -2.62. The molecular weight excluding hydrogens is 366 g/mol. The van der Waals surface area contributed by atoms with Gasteiger partial charge in [-0.15, -0.1) is 0 Å². The maximum atomic E-state index is 12.5. The van der Waals surface area contributed by atoms with Crippen LogP contribution in [0.15, 0.2) is 18.3 Å². The first-order valence-corrected chi connectivity index (χ1v) is 10.8. The topological polar surface area (TPSA) is 78.7 Å². The van der Waals surface area contributed by atoms with E-state index in [-0.39, 0.29) is 17.9 Å². The fourth-order valence-corrected chi connectivity index (χ4v) is 6.82. The summed E-state index contributed by atoms with van der Waals surface area (Å²) in [5, 5.41) is 23.1. The number of likely N-dealkylation sites (tertiary alicyclic amines) is 1. The van der Waals surface area contributed by atoms with Gasteiger partial charge in [0.05, 0.1) is 16.7 Å². The van der Waals surface area contributed by atoms with E-state index in [1.165, 1.54) is 18.4 Å². The highest BCUT2D eigenvalue weighted by Crippen LogP contribution is 2.68. The smallest absolute Gasteiger partial charge is 0.166 e. The molecule has 1 saturated carbocycles. The Kier molecular flexibility index (Phi) is 2.92. The Morgan fingerprint density at radius 3 is 2.97 bits per heavy atom.